The molecule has 0 saturated heterocycles. The quantitative estimate of drug-likeness (QED) is 0.677. The third-order valence-corrected chi connectivity index (χ3v) is 1.89. The summed E-state index contributed by atoms with van der Waals surface area (Å²) in [7, 11) is 0. The van der Waals surface area contributed by atoms with Gasteiger partial charge in [-0.25, -0.2) is 8.78 Å². The topological polar surface area (TPSA) is 17.1 Å². The molecule has 4 heteroatoms. The number of ketones is 1. The molecule has 0 amide bonds. The maximum absolute atomic E-state index is 12.0. The Bertz CT molecular complexity index is 336. The third-order valence-electron chi connectivity index (χ3n) is 1.65. The van der Waals surface area contributed by atoms with Crippen LogP contribution in [0.2, 0.25) is 5.02 Å². The molecule has 0 saturated carbocycles. The summed E-state index contributed by atoms with van der Waals surface area (Å²) < 4.78 is 24.0. The van der Waals surface area contributed by atoms with E-state index in [-0.39, 0.29) is 5.56 Å². The van der Waals surface area contributed by atoms with E-state index in [2.05, 4.69) is 0 Å². The average Bonchev–Trinajstić information content (AvgIpc) is 2.03. The molecule has 1 nitrogen and oxygen atoms in total. The molecule has 0 bridgehead atoms. The van der Waals surface area contributed by atoms with Crippen LogP contribution in [0.25, 0.3) is 0 Å². The van der Waals surface area contributed by atoms with Crippen LogP contribution in [0.4, 0.5) is 8.78 Å². The Hall–Kier alpha value is -0.960. The molecule has 0 aromatic heterocycles. The highest BCUT2D eigenvalue weighted by Gasteiger charge is 2.19. The molecule has 0 aliphatic rings. The van der Waals surface area contributed by atoms with E-state index in [0.29, 0.717) is 10.6 Å². The second-order valence-corrected chi connectivity index (χ2v) is 3.06. The average molecular weight is 205 g/mol. The maximum Gasteiger partial charge on any atom is 0.300 e. The van der Waals surface area contributed by atoms with Crippen molar-refractivity contribution in [3.8, 4) is 0 Å². The summed E-state index contributed by atoms with van der Waals surface area (Å²) in [6.07, 6.45) is -2.96. The van der Waals surface area contributed by atoms with Gasteiger partial charge in [0.25, 0.3) is 0 Å². The Morgan fingerprint density at radius 3 is 2.54 bits per heavy atom. The Kier molecular flexibility index (Phi) is 2.98. The van der Waals surface area contributed by atoms with Crippen LogP contribution < -0.4 is 0 Å². The molecule has 13 heavy (non-hydrogen) atoms. The lowest BCUT2D eigenvalue weighted by Gasteiger charge is -2.03. The Labute approximate surface area is 79.3 Å². The van der Waals surface area contributed by atoms with Crippen molar-refractivity contribution in [2.45, 2.75) is 13.3 Å². The molecule has 1 aromatic rings. The molecule has 0 N–H and O–H groups in total. The van der Waals surface area contributed by atoms with Crippen molar-refractivity contribution in [2.75, 3.05) is 0 Å². The predicted molar refractivity (Wildman–Crippen MR) is 46.5 cm³/mol. The van der Waals surface area contributed by atoms with Crippen LogP contribution >= 0.6 is 11.6 Å². The van der Waals surface area contributed by atoms with Crippen molar-refractivity contribution in [2.24, 2.45) is 0 Å². The Balaban J connectivity index is 3.09. The number of carbonyl (C=O) groups excluding carboxylic acids is 1. The minimum atomic E-state index is -2.96. The van der Waals surface area contributed by atoms with E-state index in [1.54, 1.807) is 6.92 Å². The molecule has 0 atom stereocenters. The van der Waals surface area contributed by atoms with E-state index in [4.69, 9.17) is 11.6 Å². The van der Waals surface area contributed by atoms with Crippen LogP contribution in [0.1, 0.15) is 15.9 Å². The molecule has 0 unspecified atom stereocenters. The maximum atomic E-state index is 12.0. The minimum Gasteiger partial charge on any atom is -0.288 e. The molecule has 0 heterocycles. The first-order valence-corrected chi connectivity index (χ1v) is 3.98. The predicted octanol–water partition coefficient (Wildman–Crippen LogP) is 3.10. The van der Waals surface area contributed by atoms with E-state index >= 15 is 0 Å². The van der Waals surface area contributed by atoms with Gasteiger partial charge in [-0.05, 0) is 30.7 Å². The first-order chi connectivity index (χ1) is 6.02. The molecule has 0 aliphatic carbocycles. The monoisotopic (exact) mass is 204 g/mol. The van der Waals surface area contributed by atoms with Crippen molar-refractivity contribution in [1.29, 1.82) is 0 Å². The van der Waals surface area contributed by atoms with Crippen LogP contribution in [0.3, 0.4) is 0 Å². The van der Waals surface area contributed by atoms with Crippen LogP contribution in [0, 0.1) is 6.92 Å². The highest BCUT2D eigenvalue weighted by atomic mass is 35.5. The molecule has 0 radical (unpaired) electrons. The van der Waals surface area contributed by atoms with Crippen molar-refractivity contribution >= 4 is 17.4 Å². The van der Waals surface area contributed by atoms with Crippen molar-refractivity contribution in [3.63, 3.8) is 0 Å². The smallest absolute Gasteiger partial charge is 0.288 e. The number of benzene rings is 1. The van der Waals surface area contributed by atoms with Gasteiger partial charge in [0.1, 0.15) is 0 Å². The number of Topliss-reactive ketones (excluding diaryl/α,β-unsaturated/α-hetero) is 1. The lowest BCUT2D eigenvalue weighted by atomic mass is 10.1. The van der Waals surface area contributed by atoms with Gasteiger partial charge in [0.15, 0.2) is 0 Å². The van der Waals surface area contributed by atoms with Crippen molar-refractivity contribution in [3.05, 3.63) is 34.3 Å². The number of alkyl halides is 2. The number of aryl methyl sites for hydroxylation is 1. The Morgan fingerprint density at radius 1 is 1.46 bits per heavy atom. The van der Waals surface area contributed by atoms with Gasteiger partial charge in [-0.15, -0.1) is 0 Å². The summed E-state index contributed by atoms with van der Waals surface area (Å²) in [5.41, 5.74) is 0.497. The fraction of sp³-hybridized carbons (Fsp3) is 0.222. The molecular formula is C9H7ClF2O. The van der Waals surface area contributed by atoms with Gasteiger partial charge in [0.05, 0.1) is 0 Å². The molecule has 1 rings (SSSR count). The van der Waals surface area contributed by atoms with E-state index in [0.717, 1.165) is 0 Å². The van der Waals surface area contributed by atoms with E-state index in [9.17, 15) is 13.6 Å². The zero-order valence-corrected chi connectivity index (χ0v) is 7.61. The number of rotatable bonds is 2. The number of hydrogen-bond donors (Lipinski definition) is 0. The van der Waals surface area contributed by atoms with Gasteiger partial charge in [0, 0.05) is 10.6 Å². The van der Waals surface area contributed by atoms with Crippen LogP contribution in [-0.4, -0.2) is 12.2 Å². The summed E-state index contributed by atoms with van der Waals surface area (Å²) in [5, 5.41) is 0.434. The van der Waals surface area contributed by atoms with Crippen LogP contribution in [0.15, 0.2) is 18.2 Å². The molecular weight excluding hydrogens is 198 g/mol. The Morgan fingerprint density at radius 2 is 2.08 bits per heavy atom. The van der Waals surface area contributed by atoms with Crippen LogP contribution in [-0.2, 0) is 0 Å². The number of carbonyl (C=O) groups is 1. The normalized spacial score (nSPS) is 10.5. The summed E-state index contributed by atoms with van der Waals surface area (Å²) in [6.45, 7) is 1.57. The minimum absolute atomic E-state index is 0.0272. The molecule has 0 aliphatic heterocycles. The van der Waals surface area contributed by atoms with Gasteiger partial charge in [-0.2, -0.15) is 0 Å². The van der Waals surface area contributed by atoms with Gasteiger partial charge < -0.3 is 0 Å². The van der Waals surface area contributed by atoms with E-state index in [1.807, 2.05) is 0 Å². The molecule has 0 spiro atoms. The summed E-state index contributed by atoms with van der Waals surface area (Å²) in [5.74, 6) is -1.16. The third kappa shape index (κ3) is 2.25. The number of halogens is 3. The van der Waals surface area contributed by atoms with Crippen molar-refractivity contribution < 1.29 is 13.6 Å². The summed E-state index contributed by atoms with van der Waals surface area (Å²) >= 11 is 5.60. The molecule has 0 fully saturated rings. The summed E-state index contributed by atoms with van der Waals surface area (Å²) in [4.78, 5) is 10.9. The SMILES string of the molecule is Cc1cc(Cl)ccc1C(=O)C(F)F. The zero-order valence-electron chi connectivity index (χ0n) is 6.85. The first kappa shape index (κ1) is 10.1. The fourth-order valence-corrected chi connectivity index (χ4v) is 1.25. The highest BCUT2D eigenvalue weighted by Crippen LogP contribution is 2.17. The summed E-state index contributed by atoms with van der Waals surface area (Å²) in [6, 6.07) is 4.22. The fourth-order valence-electron chi connectivity index (χ4n) is 1.02. The second-order valence-electron chi connectivity index (χ2n) is 2.62. The lowest BCUT2D eigenvalue weighted by Crippen LogP contribution is -2.11. The van der Waals surface area contributed by atoms with E-state index < -0.39 is 12.2 Å². The van der Waals surface area contributed by atoms with Crippen LogP contribution in [0.5, 0.6) is 0 Å². The second kappa shape index (κ2) is 3.83. The molecule has 70 valence electrons. The lowest BCUT2D eigenvalue weighted by molar-refractivity contribution is 0.0678. The first-order valence-electron chi connectivity index (χ1n) is 3.61. The van der Waals surface area contributed by atoms with Gasteiger partial charge in [0.2, 0.25) is 5.78 Å². The van der Waals surface area contributed by atoms with E-state index in [1.165, 1.54) is 18.2 Å². The zero-order chi connectivity index (χ0) is 10.0. The molecule has 1 aromatic carbocycles. The van der Waals surface area contributed by atoms with Gasteiger partial charge in [-0.1, -0.05) is 11.6 Å². The standard InChI is InChI=1S/C9H7ClF2O/c1-5-4-6(10)2-3-7(5)8(13)9(11)12/h2-4,9H,1H3. The van der Waals surface area contributed by atoms with Gasteiger partial charge in [-0.3, -0.25) is 4.79 Å². The largest absolute Gasteiger partial charge is 0.300 e. The highest BCUT2D eigenvalue weighted by molar-refractivity contribution is 6.30. The van der Waals surface area contributed by atoms with Gasteiger partial charge >= 0.3 is 6.43 Å². The van der Waals surface area contributed by atoms with Crippen molar-refractivity contribution in [1.82, 2.24) is 0 Å². The number of hydrogen-bond acceptors (Lipinski definition) is 1.